The zero-order chi connectivity index (χ0) is 37.7. The summed E-state index contributed by atoms with van der Waals surface area (Å²) in [7, 11) is 1.81. The van der Waals surface area contributed by atoms with Gasteiger partial charge >= 0.3 is 0 Å². The lowest BCUT2D eigenvalue weighted by molar-refractivity contribution is -0.312. The highest BCUT2D eigenvalue weighted by Crippen LogP contribution is 2.35. The fraction of sp³-hybridized carbons (Fsp3) is 0.805. The minimum Gasteiger partial charge on any atom is -0.504 e. The Bertz CT molecular complexity index is 1120. The summed E-state index contributed by atoms with van der Waals surface area (Å²) in [4.78, 5) is 0. The van der Waals surface area contributed by atoms with Crippen molar-refractivity contribution in [2.45, 2.75) is 190 Å². The molecule has 9 atom stereocenters. The molecule has 1 fully saturated rings. The number of rotatable bonds is 27. The summed E-state index contributed by atoms with van der Waals surface area (Å²) in [6, 6.07) is 3.42. The Kier molecular flexibility index (Phi) is 21.7. The molecule has 11 heteroatoms. The summed E-state index contributed by atoms with van der Waals surface area (Å²) in [6.45, 7) is 2.27. The lowest BCUT2D eigenvalue weighted by atomic mass is 9.90. The molecule has 0 aromatic heterocycles. The van der Waals surface area contributed by atoms with Gasteiger partial charge in [0.2, 0.25) is 0 Å². The van der Waals surface area contributed by atoms with Crippen LogP contribution in [-0.2, 0) is 20.6 Å². The molecule has 3 rings (SSSR count). The lowest BCUT2D eigenvalue weighted by Gasteiger charge is -2.41. The minimum absolute atomic E-state index is 0.0218. The van der Waals surface area contributed by atoms with Crippen LogP contribution in [0.15, 0.2) is 24.3 Å². The first-order chi connectivity index (χ1) is 25.2. The van der Waals surface area contributed by atoms with Gasteiger partial charge in [-0.25, -0.2) is 0 Å². The van der Waals surface area contributed by atoms with Crippen molar-refractivity contribution in [3.8, 4) is 11.5 Å². The van der Waals surface area contributed by atoms with Crippen molar-refractivity contribution in [3.05, 3.63) is 35.4 Å². The highest BCUT2D eigenvalue weighted by atomic mass is 16.7. The molecule has 0 aliphatic carbocycles. The van der Waals surface area contributed by atoms with Crippen LogP contribution in [0.5, 0.6) is 11.5 Å². The van der Waals surface area contributed by atoms with Crippen molar-refractivity contribution in [1.29, 1.82) is 0 Å². The first-order valence-corrected chi connectivity index (χ1v) is 20.3. The quantitative estimate of drug-likeness (QED) is 0.0310. The van der Waals surface area contributed by atoms with Gasteiger partial charge in [0.1, 0.15) is 24.4 Å². The Morgan fingerprint density at radius 1 is 0.827 bits per heavy atom. The van der Waals surface area contributed by atoms with Crippen molar-refractivity contribution in [1.82, 2.24) is 5.32 Å². The summed E-state index contributed by atoms with van der Waals surface area (Å²) < 4.78 is 17.1. The zero-order valence-corrected chi connectivity index (χ0v) is 32.0. The molecular formula is C41H72N2O9. The molecule has 0 spiro atoms. The van der Waals surface area contributed by atoms with Crippen LogP contribution in [0, 0.1) is 0 Å². The third-order valence-corrected chi connectivity index (χ3v) is 10.9. The fourth-order valence-corrected chi connectivity index (χ4v) is 7.52. The number of ether oxygens (including phenoxy) is 3. The zero-order valence-electron chi connectivity index (χ0n) is 32.0. The number of nitrogens with two attached hydrogens (primary N) is 1. The van der Waals surface area contributed by atoms with E-state index < -0.39 is 37.3 Å². The molecule has 0 bridgehead atoms. The molecule has 1 aromatic carbocycles. The van der Waals surface area contributed by atoms with E-state index in [0.29, 0.717) is 6.42 Å². The molecule has 9 N–H and O–H groups in total. The summed E-state index contributed by atoms with van der Waals surface area (Å²) in [6.07, 6.45) is 20.7. The second kappa shape index (κ2) is 25.3. The van der Waals surface area contributed by atoms with Gasteiger partial charge in [0, 0.05) is 19.2 Å². The Labute approximate surface area is 312 Å². The molecule has 52 heavy (non-hydrogen) atoms. The molecule has 11 nitrogen and oxygen atoms in total. The largest absolute Gasteiger partial charge is 0.504 e. The van der Waals surface area contributed by atoms with Crippen LogP contribution in [0.25, 0.3) is 0 Å². The van der Waals surface area contributed by atoms with Gasteiger partial charge in [-0.15, -0.1) is 0 Å². The normalized spacial score (nSPS) is 25.3. The van der Waals surface area contributed by atoms with Crippen LogP contribution in [0.1, 0.15) is 146 Å². The van der Waals surface area contributed by atoms with Crippen LogP contribution < -0.4 is 11.1 Å². The fourth-order valence-electron chi connectivity index (χ4n) is 7.52. The average molecular weight is 737 g/mol. The third-order valence-electron chi connectivity index (χ3n) is 10.9. The summed E-state index contributed by atoms with van der Waals surface area (Å²) in [5.74, 6) is -0.0493. The molecule has 7 unspecified atom stereocenters. The molecule has 0 amide bonds. The number of unbranched alkanes of at least 4 members (excludes halogenated alkanes) is 14. The number of aliphatic hydroxyl groups excluding tert-OH is 4. The van der Waals surface area contributed by atoms with Crippen LogP contribution >= 0.6 is 0 Å². The Morgan fingerprint density at radius 3 is 2.06 bits per heavy atom. The maximum absolute atomic E-state index is 10.3. The number of fused-ring (bicyclic) bond motifs is 1. The van der Waals surface area contributed by atoms with Gasteiger partial charge in [0.05, 0.1) is 18.8 Å². The van der Waals surface area contributed by atoms with Crippen LogP contribution in [0.4, 0.5) is 0 Å². The summed E-state index contributed by atoms with van der Waals surface area (Å²) >= 11 is 0. The van der Waals surface area contributed by atoms with E-state index >= 15 is 0 Å². The minimum atomic E-state index is -1.45. The molecule has 0 saturated carbocycles. The summed E-state index contributed by atoms with van der Waals surface area (Å²) in [5.41, 5.74) is 8.40. The van der Waals surface area contributed by atoms with Crippen molar-refractivity contribution in [3.63, 3.8) is 0 Å². The van der Waals surface area contributed by atoms with Crippen LogP contribution in [-0.4, -0.2) is 99.9 Å². The van der Waals surface area contributed by atoms with Gasteiger partial charge in [-0.05, 0) is 75.3 Å². The molecule has 2 heterocycles. The summed E-state index contributed by atoms with van der Waals surface area (Å²) in [5, 5.41) is 63.0. The number of nitrogens with one attached hydrogen (secondary N) is 1. The highest BCUT2D eigenvalue weighted by molar-refractivity contribution is 5.47. The van der Waals surface area contributed by atoms with Gasteiger partial charge in [-0.1, -0.05) is 102 Å². The maximum Gasteiger partial charge on any atom is 0.187 e. The van der Waals surface area contributed by atoms with E-state index in [1.54, 1.807) is 19.2 Å². The number of allylic oxidation sites excluding steroid dienone is 1. The van der Waals surface area contributed by atoms with E-state index in [-0.39, 0.29) is 35.8 Å². The van der Waals surface area contributed by atoms with Gasteiger partial charge in [0.25, 0.3) is 0 Å². The Hall–Kier alpha value is -1.80. The number of phenolic OH excluding ortho intramolecular Hbond substituents is 2. The average Bonchev–Trinajstić information content (AvgIpc) is 3.13. The van der Waals surface area contributed by atoms with E-state index in [2.05, 4.69) is 17.5 Å². The molecule has 2 aliphatic heterocycles. The molecule has 300 valence electrons. The third kappa shape index (κ3) is 15.5. The van der Waals surface area contributed by atoms with E-state index in [1.807, 2.05) is 6.92 Å². The van der Waals surface area contributed by atoms with E-state index in [4.69, 9.17) is 19.9 Å². The predicted molar refractivity (Wildman–Crippen MR) is 204 cm³/mol. The van der Waals surface area contributed by atoms with Gasteiger partial charge < -0.3 is 55.9 Å². The Morgan fingerprint density at radius 2 is 1.42 bits per heavy atom. The topological polar surface area (TPSA) is 187 Å². The number of hydrogen-bond donors (Lipinski definition) is 8. The number of aliphatic hydroxyl groups is 4. The monoisotopic (exact) mass is 737 g/mol. The highest BCUT2D eigenvalue weighted by Gasteiger charge is 2.45. The maximum atomic E-state index is 10.3. The van der Waals surface area contributed by atoms with Crippen molar-refractivity contribution < 1.29 is 44.8 Å². The number of aromatic hydroxyl groups is 2. The number of methoxy groups -OCH3 is 1. The van der Waals surface area contributed by atoms with Crippen molar-refractivity contribution in [2.75, 3.05) is 20.3 Å². The molecule has 2 aliphatic rings. The second-order valence-corrected chi connectivity index (χ2v) is 15.2. The van der Waals surface area contributed by atoms with Crippen molar-refractivity contribution in [2.24, 2.45) is 5.73 Å². The SMILES string of the molecule is COC(/C=C/CCCCCCCCCCCC[C@@H](OC1OC(CO)C(O)C(O)C1O)[C@@H](C)N)CCCCCCCC1NCCc2cc(O)c(O)cc21. The molecule has 0 radical (unpaired) electrons. The van der Waals surface area contributed by atoms with Gasteiger partial charge in [-0.3, -0.25) is 0 Å². The van der Waals surface area contributed by atoms with E-state index in [1.165, 1.54) is 70.6 Å². The second-order valence-electron chi connectivity index (χ2n) is 15.2. The predicted octanol–water partition coefficient (Wildman–Crippen LogP) is 5.80. The lowest BCUT2D eigenvalue weighted by Crippen LogP contribution is -2.60. The smallest absolute Gasteiger partial charge is 0.187 e. The molecular weight excluding hydrogens is 664 g/mol. The molecule has 1 aromatic rings. The number of benzene rings is 1. The van der Waals surface area contributed by atoms with Crippen LogP contribution in [0.3, 0.4) is 0 Å². The van der Waals surface area contributed by atoms with Gasteiger partial charge in [-0.2, -0.15) is 0 Å². The number of phenols is 2. The van der Waals surface area contributed by atoms with Gasteiger partial charge in [0.15, 0.2) is 17.8 Å². The molecule has 1 saturated heterocycles. The van der Waals surface area contributed by atoms with Crippen LogP contribution in [0.2, 0.25) is 0 Å². The number of hydrogen-bond acceptors (Lipinski definition) is 11. The standard InChI is InChI=1S/C41H72N2O9/c1-29(42)36(51-41-40(49)39(48)38(47)37(28-44)52-41)23-19-15-10-8-6-4-3-5-7-9-12-16-20-31(50-2)21-17-13-11-14-18-22-33-32-27-35(46)34(45)26-30(32)24-25-43-33/h16,20,26-27,29,31,33,36-41,43-49H,3-15,17-19,21-25,28,42H2,1-2H3/b20-16+/t29-,31?,33?,36-,37?,38?,39?,40?,41?/m1/s1. The Balaban J connectivity index is 1.12. The van der Waals surface area contributed by atoms with E-state index in [0.717, 1.165) is 69.0 Å². The first kappa shape index (κ1) is 44.6. The first-order valence-electron chi connectivity index (χ1n) is 20.3. The van der Waals surface area contributed by atoms with Crippen molar-refractivity contribution >= 4 is 0 Å². The van der Waals surface area contributed by atoms with E-state index in [9.17, 15) is 30.6 Å².